The fraction of sp³-hybridized carbons (Fsp3) is 0.200. The maximum atomic E-state index is 12.3. The molecule has 2 aromatic rings. The van der Waals surface area contributed by atoms with E-state index in [9.17, 15) is 9.59 Å². The molecule has 0 N–H and O–H groups in total. The Morgan fingerprint density at radius 1 is 1.30 bits per heavy atom. The summed E-state index contributed by atoms with van der Waals surface area (Å²) in [6.07, 6.45) is 1.65. The van der Waals surface area contributed by atoms with Crippen molar-refractivity contribution in [3.05, 3.63) is 68.5 Å². The minimum Gasteiger partial charge on any atom is -0.467 e. The average Bonchev–Trinajstić information content (AvgIpc) is 2.45. The molecule has 0 saturated heterocycles. The van der Waals surface area contributed by atoms with Crippen molar-refractivity contribution >= 4 is 21.9 Å². The first-order valence-electron chi connectivity index (χ1n) is 6.05. The van der Waals surface area contributed by atoms with E-state index in [0.717, 1.165) is 5.56 Å². The number of nitrogens with zero attached hydrogens (tertiary/aromatic N) is 1. The monoisotopic (exact) mass is 335 g/mol. The third kappa shape index (κ3) is 2.82. The summed E-state index contributed by atoms with van der Waals surface area (Å²) in [6.45, 7) is 1.86. The summed E-state index contributed by atoms with van der Waals surface area (Å²) in [5.41, 5.74) is 1.31. The lowest BCUT2D eigenvalue weighted by atomic mass is 10.1. The molecule has 0 amide bonds. The van der Waals surface area contributed by atoms with Gasteiger partial charge in [-0.05, 0) is 40.0 Å². The number of hydrogen-bond acceptors (Lipinski definition) is 3. The molecule has 5 heteroatoms. The minimum absolute atomic E-state index is 0.269. The van der Waals surface area contributed by atoms with E-state index in [4.69, 9.17) is 4.74 Å². The number of methoxy groups -OCH3 is 1. The zero-order chi connectivity index (χ0) is 14.7. The van der Waals surface area contributed by atoms with Gasteiger partial charge >= 0.3 is 5.97 Å². The van der Waals surface area contributed by atoms with E-state index in [1.54, 1.807) is 24.4 Å². The molecule has 0 aliphatic rings. The number of rotatable bonds is 3. The molecular weight excluding hydrogens is 322 g/mol. The Kier molecular flexibility index (Phi) is 4.39. The fourth-order valence-electron chi connectivity index (χ4n) is 2.05. The molecule has 1 unspecified atom stereocenters. The Bertz CT molecular complexity index is 679. The molecule has 0 saturated carbocycles. The third-order valence-corrected chi connectivity index (χ3v) is 3.52. The third-order valence-electron chi connectivity index (χ3n) is 2.95. The van der Waals surface area contributed by atoms with Crippen molar-refractivity contribution in [2.24, 2.45) is 0 Å². The highest BCUT2D eigenvalue weighted by Gasteiger charge is 2.25. The molecule has 0 fully saturated rings. The predicted octanol–water partition coefficient (Wildman–Crippen LogP) is 2.68. The first kappa shape index (κ1) is 14.5. The minimum atomic E-state index is -0.787. The van der Waals surface area contributed by atoms with Gasteiger partial charge in [-0.25, -0.2) is 4.79 Å². The van der Waals surface area contributed by atoms with Gasteiger partial charge in [0.2, 0.25) is 0 Å². The zero-order valence-electron chi connectivity index (χ0n) is 11.2. The number of carbonyl (C=O) groups excluding carboxylic acids is 1. The number of halogens is 1. The van der Waals surface area contributed by atoms with E-state index >= 15 is 0 Å². The van der Waals surface area contributed by atoms with Gasteiger partial charge in [0.15, 0.2) is 6.04 Å². The highest BCUT2D eigenvalue weighted by Crippen LogP contribution is 2.20. The maximum absolute atomic E-state index is 12.3. The van der Waals surface area contributed by atoms with Crippen LogP contribution in [0.2, 0.25) is 0 Å². The smallest absolute Gasteiger partial charge is 0.333 e. The topological polar surface area (TPSA) is 48.3 Å². The van der Waals surface area contributed by atoms with Crippen LogP contribution in [0.1, 0.15) is 17.2 Å². The number of pyridine rings is 1. The summed E-state index contributed by atoms with van der Waals surface area (Å²) in [4.78, 5) is 24.4. The number of hydrogen-bond donors (Lipinski definition) is 0. The first-order valence-corrected chi connectivity index (χ1v) is 6.85. The summed E-state index contributed by atoms with van der Waals surface area (Å²) < 4.78 is 6.65. The molecule has 0 radical (unpaired) electrons. The molecule has 0 aliphatic heterocycles. The van der Waals surface area contributed by atoms with Crippen LogP contribution in [0.4, 0.5) is 0 Å². The fourth-order valence-corrected chi connectivity index (χ4v) is 2.62. The van der Waals surface area contributed by atoms with Crippen LogP contribution in [0, 0.1) is 6.92 Å². The van der Waals surface area contributed by atoms with Crippen LogP contribution in [-0.2, 0) is 9.53 Å². The summed E-state index contributed by atoms with van der Waals surface area (Å²) >= 11 is 3.22. The van der Waals surface area contributed by atoms with Crippen molar-refractivity contribution in [3.8, 4) is 0 Å². The van der Waals surface area contributed by atoms with Crippen molar-refractivity contribution < 1.29 is 9.53 Å². The van der Waals surface area contributed by atoms with Crippen molar-refractivity contribution in [1.82, 2.24) is 4.57 Å². The van der Waals surface area contributed by atoms with Crippen molar-refractivity contribution in [1.29, 1.82) is 0 Å². The second-order valence-corrected chi connectivity index (χ2v) is 5.27. The Hall–Kier alpha value is -1.88. The largest absolute Gasteiger partial charge is 0.467 e. The van der Waals surface area contributed by atoms with Crippen LogP contribution in [-0.4, -0.2) is 17.6 Å². The van der Waals surface area contributed by atoms with Gasteiger partial charge in [0.25, 0.3) is 5.56 Å². The van der Waals surface area contributed by atoms with Gasteiger partial charge in [-0.2, -0.15) is 0 Å². The van der Waals surface area contributed by atoms with Gasteiger partial charge in [-0.1, -0.05) is 30.3 Å². The molecule has 0 bridgehead atoms. The van der Waals surface area contributed by atoms with Gasteiger partial charge in [0.05, 0.1) is 11.6 Å². The Labute approximate surface area is 125 Å². The van der Waals surface area contributed by atoms with Gasteiger partial charge in [-0.3, -0.25) is 9.36 Å². The number of aromatic nitrogens is 1. The van der Waals surface area contributed by atoms with Gasteiger partial charge < -0.3 is 4.74 Å². The van der Waals surface area contributed by atoms with Crippen LogP contribution < -0.4 is 5.56 Å². The van der Waals surface area contributed by atoms with Crippen LogP contribution in [0.15, 0.2) is 51.9 Å². The average molecular weight is 336 g/mol. The van der Waals surface area contributed by atoms with Crippen LogP contribution in [0.25, 0.3) is 0 Å². The van der Waals surface area contributed by atoms with Crippen LogP contribution >= 0.6 is 15.9 Å². The van der Waals surface area contributed by atoms with E-state index in [0.29, 0.717) is 10.0 Å². The van der Waals surface area contributed by atoms with Crippen molar-refractivity contribution in [2.75, 3.05) is 7.11 Å². The quantitative estimate of drug-likeness (QED) is 0.810. The number of benzene rings is 1. The highest BCUT2D eigenvalue weighted by molar-refractivity contribution is 9.10. The summed E-state index contributed by atoms with van der Waals surface area (Å²) in [6, 6.07) is 10.0. The Morgan fingerprint density at radius 2 is 1.95 bits per heavy atom. The molecule has 1 atom stereocenters. The second kappa shape index (κ2) is 6.05. The molecule has 0 spiro atoms. The maximum Gasteiger partial charge on any atom is 0.333 e. The number of carbonyl (C=O) groups is 1. The number of aryl methyl sites for hydroxylation is 1. The summed E-state index contributed by atoms with van der Waals surface area (Å²) in [5.74, 6) is -0.476. The summed E-state index contributed by atoms with van der Waals surface area (Å²) in [5, 5.41) is 0. The molecule has 4 nitrogen and oxygen atoms in total. The lowest BCUT2D eigenvalue weighted by Gasteiger charge is -2.19. The van der Waals surface area contributed by atoms with Crippen LogP contribution in [0.3, 0.4) is 0 Å². The van der Waals surface area contributed by atoms with E-state index in [2.05, 4.69) is 15.9 Å². The lowest BCUT2D eigenvalue weighted by molar-refractivity contribution is -0.143. The molecule has 1 aromatic carbocycles. The van der Waals surface area contributed by atoms with Gasteiger partial charge in [0, 0.05) is 6.20 Å². The Balaban J connectivity index is 2.65. The summed E-state index contributed by atoms with van der Waals surface area (Å²) in [7, 11) is 1.31. The second-order valence-electron chi connectivity index (χ2n) is 4.41. The normalized spacial score (nSPS) is 11.9. The van der Waals surface area contributed by atoms with E-state index < -0.39 is 12.0 Å². The zero-order valence-corrected chi connectivity index (χ0v) is 12.8. The van der Waals surface area contributed by atoms with Gasteiger partial charge in [0.1, 0.15) is 0 Å². The predicted molar refractivity (Wildman–Crippen MR) is 79.7 cm³/mol. The molecule has 0 aliphatic carbocycles. The molecule has 20 heavy (non-hydrogen) atoms. The van der Waals surface area contributed by atoms with Gasteiger partial charge in [-0.15, -0.1) is 0 Å². The highest BCUT2D eigenvalue weighted by atomic mass is 79.9. The van der Waals surface area contributed by atoms with Crippen LogP contribution in [0.5, 0.6) is 0 Å². The molecule has 1 heterocycles. The molecule has 2 rings (SSSR count). The van der Waals surface area contributed by atoms with Crippen molar-refractivity contribution in [2.45, 2.75) is 13.0 Å². The van der Waals surface area contributed by atoms with E-state index in [-0.39, 0.29) is 5.56 Å². The first-order chi connectivity index (χ1) is 9.54. The molecule has 1 aromatic heterocycles. The van der Waals surface area contributed by atoms with E-state index in [1.807, 2.05) is 25.1 Å². The molecular formula is C15H14BrNO3. The number of ether oxygens (including phenoxy) is 1. The molecule has 104 valence electrons. The van der Waals surface area contributed by atoms with E-state index in [1.165, 1.54) is 11.7 Å². The SMILES string of the molecule is COC(=O)C(c1ccccc1)n1cc(C)cc(Br)c1=O. The number of esters is 1. The van der Waals surface area contributed by atoms with Crippen molar-refractivity contribution in [3.63, 3.8) is 0 Å². The lowest BCUT2D eigenvalue weighted by Crippen LogP contribution is -2.31. The standard InChI is InChI=1S/C15H14BrNO3/c1-10-8-12(16)14(18)17(9-10)13(15(19)20-2)11-6-4-3-5-7-11/h3-9,13H,1-2H3. The Morgan fingerprint density at radius 3 is 2.55 bits per heavy atom.